The number of benzene rings is 1. The molecule has 0 fully saturated rings. The second-order valence-electron chi connectivity index (χ2n) is 4.86. The smallest absolute Gasteiger partial charge is 0.225 e. The Hall–Kier alpha value is -2.68. The van der Waals surface area contributed by atoms with E-state index in [1.807, 2.05) is 29.7 Å². The van der Waals surface area contributed by atoms with Crippen molar-refractivity contribution in [3.05, 3.63) is 47.5 Å². The van der Waals surface area contributed by atoms with Gasteiger partial charge in [-0.15, -0.1) is 10.2 Å². The molecule has 118 valence electrons. The molecule has 0 bridgehead atoms. The summed E-state index contributed by atoms with van der Waals surface area (Å²) in [5.41, 5.74) is 12.3. The first-order valence-corrected chi connectivity index (χ1v) is 7.93. The summed E-state index contributed by atoms with van der Waals surface area (Å²) in [6, 6.07) is 10.2. The summed E-state index contributed by atoms with van der Waals surface area (Å²) in [6.07, 6.45) is 0. The normalized spacial score (nSPS) is 10.8. The van der Waals surface area contributed by atoms with Crippen LogP contribution in [0.15, 0.2) is 35.5 Å². The molecular weight excluding hydrogens is 312 g/mol. The molecule has 0 unspecified atom stereocenters. The first-order chi connectivity index (χ1) is 11.1. The number of hydrogen-bond donors (Lipinski definition) is 2. The maximum atomic E-state index is 5.58. The van der Waals surface area contributed by atoms with Crippen LogP contribution in [0.3, 0.4) is 0 Å². The Labute approximate surface area is 137 Å². The van der Waals surface area contributed by atoms with E-state index in [2.05, 4.69) is 37.3 Å². The highest BCUT2D eigenvalue weighted by Crippen LogP contribution is 2.21. The maximum Gasteiger partial charge on any atom is 0.225 e. The Morgan fingerprint density at radius 2 is 1.70 bits per heavy atom. The minimum atomic E-state index is 0.120. The lowest BCUT2D eigenvalue weighted by Gasteiger charge is -2.08. The number of nitrogens with two attached hydrogens (primary N) is 2. The third-order valence-corrected chi connectivity index (χ3v) is 4.09. The lowest BCUT2D eigenvalue weighted by molar-refractivity contribution is 0.688. The van der Waals surface area contributed by atoms with E-state index in [0.717, 1.165) is 11.0 Å². The molecule has 2 heterocycles. The monoisotopic (exact) mass is 328 g/mol. The largest absolute Gasteiger partial charge is 0.368 e. The zero-order chi connectivity index (χ0) is 16.2. The molecule has 0 aliphatic heterocycles. The average Bonchev–Trinajstić information content (AvgIpc) is 2.86. The fourth-order valence-electron chi connectivity index (χ4n) is 2.07. The van der Waals surface area contributed by atoms with Gasteiger partial charge in [0.15, 0.2) is 5.16 Å². The standard InChI is InChI=1S/C14H16N8S/c1-9-20-21-14(22(9)7-10-5-3-2-4-6-10)23-8-11-17-12(15)19-13(16)18-11/h2-6H,7-8H2,1H3,(H4,15,16,17,18,19). The molecule has 0 amide bonds. The number of nitrogens with zero attached hydrogens (tertiary/aromatic N) is 6. The second-order valence-corrected chi connectivity index (χ2v) is 5.80. The molecule has 3 aromatic rings. The number of nitrogen functional groups attached to an aromatic ring is 2. The number of aromatic nitrogens is 6. The summed E-state index contributed by atoms with van der Waals surface area (Å²) in [6.45, 7) is 2.64. The molecule has 1 aromatic carbocycles. The van der Waals surface area contributed by atoms with E-state index in [9.17, 15) is 0 Å². The molecule has 0 saturated heterocycles. The molecule has 0 aliphatic carbocycles. The Bertz CT molecular complexity index is 782. The molecule has 4 N–H and O–H groups in total. The molecule has 8 nitrogen and oxygen atoms in total. The van der Waals surface area contributed by atoms with Crippen LogP contribution in [0, 0.1) is 6.92 Å². The fraction of sp³-hybridized carbons (Fsp3) is 0.214. The molecule has 23 heavy (non-hydrogen) atoms. The van der Waals surface area contributed by atoms with E-state index >= 15 is 0 Å². The lowest BCUT2D eigenvalue weighted by atomic mass is 10.2. The van der Waals surface area contributed by atoms with Crippen LogP contribution >= 0.6 is 11.8 Å². The molecule has 0 spiro atoms. The minimum Gasteiger partial charge on any atom is -0.368 e. The molecule has 0 aliphatic rings. The van der Waals surface area contributed by atoms with Gasteiger partial charge >= 0.3 is 0 Å². The molecule has 0 atom stereocenters. The Morgan fingerprint density at radius 1 is 1.00 bits per heavy atom. The fourth-order valence-corrected chi connectivity index (χ4v) is 2.91. The van der Waals surface area contributed by atoms with Crippen LogP contribution in [0.25, 0.3) is 0 Å². The molecule has 0 radical (unpaired) electrons. The number of rotatable bonds is 5. The summed E-state index contributed by atoms with van der Waals surface area (Å²) in [5, 5.41) is 9.16. The van der Waals surface area contributed by atoms with Gasteiger partial charge in [0.2, 0.25) is 11.9 Å². The zero-order valence-corrected chi connectivity index (χ0v) is 13.4. The summed E-state index contributed by atoms with van der Waals surface area (Å²) in [5.74, 6) is 2.10. The Kier molecular flexibility index (Phi) is 4.38. The highest BCUT2D eigenvalue weighted by Gasteiger charge is 2.11. The second kappa shape index (κ2) is 6.61. The quantitative estimate of drug-likeness (QED) is 0.672. The maximum absolute atomic E-state index is 5.58. The van der Waals surface area contributed by atoms with Gasteiger partial charge in [0.05, 0.1) is 12.3 Å². The van der Waals surface area contributed by atoms with Crippen LogP contribution < -0.4 is 11.5 Å². The van der Waals surface area contributed by atoms with Crippen molar-refractivity contribution in [3.8, 4) is 0 Å². The highest BCUT2D eigenvalue weighted by molar-refractivity contribution is 7.98. The lowest BCUT2D eigenvalue weighted by Crippen LogP contribution is -2.07. The molecule has 2 aromatic heterocycles. The average molecular weight is 328 g/mol. The van der Waals surface area contributed by atoms with Gasteiger partial charge in [-0.05, 0) is 12.5 Å². The van der Waals surface area contributed by atoms with Gasteiger partial charge < -0.3 is 16.0 Å². The van der Waals surface area contributed by atoms with Crippen molar-refractivity contribution in [2.75, 3.05) is 11.5 Å². The van der Waals surface area contributed by atoms with Crippen molar-refractivity contribution < 1.29 is 0 Å². The van der Waals surface area contributed by atoms with Gasteiger partial charge in [0.25, 0.3) is 0 Å². The minimum absolute atomic E-state index is 0.120. The first-order valence-electron chi connectivity index (χ1n) is 6.94. The van der Waals surface area contributed by atoms with Crippen LogP contribution in [0.2, 0.25) is 0 Å². The summed E-state index contributed by atoms with van der Waals surface area (Å²) in [4.78, 5) is 11.9. The van der Waals surface area contributed by atoms with Crippen LogP contribution in [-0.2, 0) is 12.3 Å². The van der Waals surface area contributed by atoms with Gasteiger partial charge in [-0.1, -0.05) is 42.1 Å². The van der Waals surface area contributed by atoms with Crippen LogP contribution in [-0.4, -0.2) is 29.7 Å². The third-order valence-electron chi connectivity index (χ3n) is 3.13. The molecule has 9 heteroatoms. The SMILES string of the molecule is Cc1nnc(SCc2nc(N)nc(N)n2)n1Cc1ccccc1. The molecule has 0 saturated carbocycles. The first kappa shape index (κ1) is 15.2. The van der Waals surface area contributed by atoms with Crippen LogP contribution in [0.1, 0.15) is 17.2 Å². The predicted octanol–water partition coefficient (Wildman–Crippen LogP) is 1.28. The third kappa shape index (κ3) is 3.75. The van der Waals surface area contributed by atoms with E-state index in [1.54, 1.807) is 0 Å². The van der Waals surface area contributed by atoms with Gasteiger partial charge in [0, 0.05) is 0 Å². The highest BCUT2D eigenvalue weighted by atomic mass is 32.2. The summed E-state index contributed by atoms with van der Waals surface area (Å²) >= 11 is 1.48. The van der Waals surface area contributed by atoms with E-state index in [0.29, 0.717) is 18.1 Å². The zero-order valence-electron chi connectivity index (χ0n) is 12.5. The van der Waals surface area contributed by atoms with Crippen molar-refractivity contribution in [1.29, 1.82) is 0 Å². The predicted molar refractivity (Wildman–Crippen MR) is 88.5 cm³/mol. The van der Waals surface area contributed by atoms with E-state index < -0.39 is 0 Å². The van der Waals surface area contributed by atoms with Crippen molar-refractivity contribution in [2.24, 2.45) is 0 Å². The van der Waals surface area contributed by atoms with Crippen molar-refractivity contribution in [1.82, 2.24) is 29.7 Å². The van der Waals surface area contributed by atoms with Crippen molar-refractivity contribution in [3.63, 3.8) is 0 Å². The van der Waals surface area contributed by atoms with Gasteiger partial charge in [0.1, 0.15) is 11.6 Å². The van der Waals surface area contributed by atoms with Gasteiger partial charge in [-0.3, -0.25) is 0 Å². The van der Waals surface area contributed by atoms with E-state index in [4.69, 9.17) is 11.5 Å². The van der Waals surface area contributed by atoms with Crippen molar-refractivity contribution >= 4 is 23.7 Å². The van der Waals surface area contributed by atoms with Gasteiger partial charge in [-0.25, -0.2) is 0 Å². The Morgan fingerprint density at radius 3 is 2.39 bits per heavy atom. The summed E-state index contributed by atoms with van der Waals surface area (Å²) < 4.78 is 2.05. The van der Waals surface area contributed by atoms with Gasteiger partial charge in [-0.2, -0.15) is 15.0 Å². The molecule has 3 rings (SSSR count). The molecular formula is C14H16N8S. The number of anilines is 2. The number of aryl methyl sites for hydroxylation is 1. The van der Waals surface area contributed by atoms with Crippen LogP contribution in [0.4, 0.5) is 11.9 Å². The van der Waals surface area contributed by atoms with Crippen molar-refractivity contribution in [2.45, 2.75) is 24.4 Å². The number of thioether (sulfide) groups is 1. The van der Waals surface area contributed by atoms with E-state index in [-0.39, 0.29) is 11.9 Å². The summed E-state index contributed by atoms with van der Waals surface area (Å²) in [7, 11) is 0. The van der Waals surface area contributed by atoms with Crippen LogP contribution in [0.5, 0.6) is 0 Å². The number of hydrogen-bond acceptors (Lipinski definition) is 8. The Balaban J connectivity index is 1.76. The topological polar surface area (TPSA) is 121 Å². The van der Waals surface area contributed by atoms with E-state index in [1.165, 1.54) is 17.3 Å².